The lowest BCUT2D eigenvalue weighted by atomic mass is 10.1. The van der Waals surface area contributed by atoms with Crippen LogP contribution < -0.4 is 14.8 Å². The highest BCUT2D eigenvalue weighted by Gasteiger charge is 2.12. The number of rotatable bonds is 5. The lowest BCUT2D eigenvalue weighted by molar-refractivity contribution is -0.115. The predicted octanol–water partition coefficient (Wildman–Crippen LogP) is 2.46. The minimum atomic E-state index is -0.170. The van der Waals surface area contributed by atoms with Gasteiger partial charge in [0.15, 0.2) is 23.0 Å². The molecule has 0 saturated heterocycles. The summed E-state index contributed by atoms with van der Waals surface area (Å²) in [6, 6.07) is 9.15. The van der Waals surface area contributed by atoms with E-state index < -0.39 is 0 Å². The summed E-state index contributed by atoms with van der Waals surface area (Å²) in [6.45, 7) is 1.90. The topological polar surface area (TPSA) is 89.1 Å². The van der Waals surface area contributed by atoms with Crippen molar-refractivity contribution in [1.82, 2.24) is 15.2 Å². The first-order chi connectivity index (χ1) is 11.6. The number of anilines is 1. The van der Waals surface area contributed by atoms with Crippen LogP contribution in [0.3, 0.4) is 0 Å². The van der Waals surface area contributed by atoms with Crippen LogP contribution in [0.4, 0.5) is 5.82 Å². The van der Waals surface area contributed by atoms with Gasteiger partial charge in [0.2, 0.25) is 5.91 Å². The second kappa shape index (κ2) is 6.57. The van der Waals surface area contributed by atoms with Gasteiger partial charge >= 0.3 is 0 Å². The molecule has 0 unspecified atom stereocenters. The maximum Gasteiger partial charge on any atom is 0.230 e. The fourth-order valence-corrected chi connectivity index (χ4v) is 2.45. The van der Waals surface area contributed by atoms with Gasteiger partial charge in [0.05, 0.1) is 26.0 Å². The summed E-state index contributed by atoms with van der Waals surface area (Å²) < 4.78 is 10.4. The van der Waals surface area contributed by atoms with Crippen molar-refractivity contribution < 1.29 is 14.3 Å². The molecular weight excluding hydrogens is 308 g/mol. The third-order valence-corrected chi connectivity index (χ3v) is 3.63. The van der Waals surface area contributed by atoms with Crippen LogP contribution in [-0.2, 0) is 11.2 Å². The minimum Gasteiger partial charge on any atom is -0.493 e. The van der Waals surface area contributed by atoms with Gasteiger partial charge in [-0.3, -0.25) is 9.89 Å². The van der Waals surface area contributed by atoms with E-state index in [0.29, 0.717) is 23.0 Å². The summed E-state index contributed by atoms with van der Waals surface area (Å²) in [5, 5.41) is 10.5. The van der Waals surface area contributed by atoms with Crippen molar-refractivity contribution in [1.29, 1.82) is 0 Å². The van der Waals surface area contributed by atoms with E-state index >= 15 is 0 Å². The van der Waals surface area contributed by atoms with Crippen LogP contribution in [0.2, 0.25) is 0 Å². The van der Waals surface area contributed by atoms with E-state index in [0.717, 1.165) is 16.6 Å². The van der Waals surface area contributed by atoms with Gasteiger partial charge < -0.3 is 14.8 Å². The number of carbonyl (C=O) groups is 1. The Morgan fingerprint density at radius 2 is 1.96 bits per heavy atom. The molecule has 3 aromatic rings. The number of amides is 1. The Hall–Kier alpha value is -3.09. The van der Waals surface area contributed by atoms with Crippen LogP contribution in [0.1, 0.15) is 11.3 Å². The van der Waals surface area contributed by atoms with Crippen molar-refractivity contribution >= 4 is 22.8 Å². The molecule has 0 radical (unpaired) electrons. The number of ether oxygens (including phenoxy) is 2. The Balaban J connectivity index is 1.75. The van der Waals surface area contributed by atoms with Gasteiger partial charge in [-0.05, 0) is 36.8 Å². The number of aromatic amines is 1. The molecule has 0 spiro atoms. The zero-order valence-electron chi connectivity index (χ0n) is 13.7. The molecule has 1 aromatic carbocycles. The Bertz CT molecular complexity index is 889. The maximum absolute atomic E-state index is 12.3. The number of hydrogen-bond acceptors (Lipinski definition) is 5. The smallest absolute Gasteiger partial charge is 0.230 e. The molecule has 0 bridgehead atoms. The lowest BCUT2D eigenvalue weighted by Gasteiger charge is -2.09. The Kier molecular flexibility index (Phi) is 4.33. The van der Waals surface area contributed by atoms with E-state index in [-0.39, 0.29) is 12.3 Å². The first-order valence-electron chi connectivity index (χ1n) is 7.43. The molecule has 0 atom stereocenters. The van der Waals surface area contributed by atoms with E-state index in [1.165, 1.54) is 0 Å². The van der Waals surface area contributed by atoms with Gasteiger partial charge in [-0.25, -0.2) is 4.98 Å². The average Bonchev–Trinajstić information content (AvgIpc) is 2.96. The molecular formula is C17H18N4O3. The lowest BCUT2D eigenvalue weighted by Crippen LogP contribution is -2.15. The van der Waals surface area contributed by atoms with Crippen molar-refractivity contribution in [2.45, 2.75) is 13.3 Å². The molecule has 2 N–H and O–H groups in total. The third kappa shape index (κ3) is 3.15. The number of methoxy groups -OCH3 is 2. The van der Waals surface area contributed by atoms with Gasteiger partial charge in [-0.1, -0.05) is 6.07 Å². The number of benzene rings is 1. The number of nitrogens with zero attached hydrogens (tertiary/aromatic N) is 2. The second-order valence-electron chi connectivity index (χ2n) is 5.34. The molecule has 7 heteroatoms. The molecule has 3 rings (SSSR count). The summed E-state index contributed by atoms with van der Waals surface area (Å²) in [5.74, 6) is 1.52. The Morgan fingerprint density at radius 1 is 1.17 bits per heavy atom. The molecule has 7 nitrogen and oxygen atoms in total. The molecule has 0 aliphatic rings. The zero-order valence-corrected chi connectivity index (χ0v) is 13.7. The molecule has 1 amide bonds. The van der Waals surface area contributed by atoms with Crippen molar-refractivity contribution in [2.75, 3.05) is 19.5 Å². The summed E-state index contributed by atoms with van der Waals surface area (Å²) in [6.07, 6.45) is 0.202. The van der Waals surface area contributed by atoms with Crippen LogP contribution in [-0.4, -0.2) is 35.3 Å². The number of aromatic nitrogens is 3. The summed E-state index contributed by atoms with van der Waals surface area (Å²) >= 11 is 0. The third-order valence-electron chi connectivity index (χ3n) is 3.63. The van der Waals surface area contributed by atoms with Gasteiger partial charge in [-0.2, -0.15) is 5.10 Å². The standard InChI is InChI=1S/C17H18N4O3/c1-10-4-6-12-16(18-10)20-21-17(12)19-15(22)9-11-5-7-13(23-2)14(8-11)24-3/h4-8H,9H2,1-3H3,(H2,18,19,20,21,22). The monoisotopic (exact) mass is 326 g/mol. The number of nitrogens with one attached hydrogen (secondary N) is 2. The highest BCUT2D eigenvalue weighted by atomic mass is 16.5. The van der Waals surface area contributed by atoms with E-state index in [2.05, 4.69) is 20.5 Å². The zero-order chi connectivity index (χ0) is 17.1. The average molecular weight is 326 g/mol. The van der Waals surface area contributed by atoms with Crippen LogP contribution in [0.5, 0.6) is 11.5 Å². The van der Waals surface area contributed by atoms with E-state index in [9.17, 15) is 4.79 Å². The number of fused-ring (bicyclic) bond motifs is 1. The van der Waals surface area contributed by atoms with Crippen molar-refractivity contribution in [3.63, 3.8) is 0 Å². The molecule has 124 valence electrons. The number of H-pyrrole nitrogens is 1. The predicted molar refractivity (Wildman–Crippen MR) is 90.5 cm³/mol. The van der Waals surface area contributed by atoms with Crippen molar-refractivity contribution in [3.8, 4) is 11.5 Å². The van der Waals surface area contributed by atoms with Crippen LogP contribution in [0.15, 0.2) is 30.3 Å². The first-order valence-corrected chi connectivity index (χ1v) is 7.43. The molecule has 0 aliphatic carbocycles. The molecule has 2 aromatic heterocycles. The van der Waals surface area contributed by atoms with Crippen LogP contribution in [0, 0.1) is 6.92 Å². The summed E-state index contributed by atoms with van der Waals surface area (Å²) in [4.78, 5) is 16.6. The summed E-state index contributed by atoms with van der Waals surface area (Å²) in [7, 11) is 3.13. The summed E-state index contributed by atoms with van der Waals surface area (Å²) in [5.41, 5.74) is 2.35. The minimum absolute atomic E-state index is 0.170. The fourth-order valence-electron chi connectivity index (χ4n) is 2.45. The van der Waals surface area contributed by atoms with E-state index in [1.807, 2.05) is 25.1 Å². The Morgan fingerprint density at radius 3 is 2.71 bits per heavy atom. The highest BCUT2D eigenvalue weighted by Crippen LogP contribution is 2.28. The molecule has 0 saturated carbocycles. The SMILES string of the molecule is COc1ccc(CC(=O)Nc2n[nH]c3nc(C)ccc23)cc1OC. The van der Waals surface area contributed by atoms with Crippen molar-refractivity contribution in [2.24, 2.45) is 0 Å². The number of pyridine rings is 1. The van der Waals surface area contributed by atoms with Crippen LogP contribution >= 0.6 is 0 Å². The molecule has 0 fully saturated rings. The van der Waals surface area contributed by atoms with Gasteiger partial charge in [0.1, 0.15) is 0 Å². The Labute approximate surface area is 139 Å². The fraction of sp³-hybridized carbons (Fsp3) is 0.235. The number of carbonyl (C=O) groups excluding carboxylic acids is 1. The van der Waals surface area contributed by atoms with E-state index in [4.69, 9.17) is 9.47 Å². The van der Waals surface area contributed by atoms with E-state index in [1.54, 1.807) is 26.4 Å². The van der Waals surface area contributed by atoms with Crippen molar-refractivity contribution in [3.05, 3.63) is 41.6 Å². The van der Waals surface area contributed by atoms with Gasteiger partial charge in [0, 0.05) is 5.69 Å². The second-order valence-corrected chi connectivity index (χ2v) is 5.34. The van der Waals surface area contributed by atoms with Gasteiger partial charge in [-0.15, -0.1) is 0 Å². The number of hydrogen-bond donors (Lipinski definition) is 2. The molecule has 24 heavy (non-hydrogen) atoms. The highest BCUT2D eigenvalue weighted by molar-refractivity contribution is 5.99. The normalized spacial score (nSPS) is 10.6. The quantitative estimate of drug-likeness (QED) is 0.752. The number of aryl methyl sites for hydroxylation is 1. The molecule has 0 aliphatic heterocycles. The maximum atomic E-state index is 12.3. The van der Waals surface area contributed by atoms with Crippen LogP contribution in [0.25, 0.3) is 11.0 Å². The largest absolute Gasteiger partial charge is 0.493 e. The first kappa shape index (κ1) is 15.8. The molecule has 2 heterocycles. The van der Waals surface area contributed by atoms with Gasteiger partial charge in [0.25, 0.3) is 0 Å².